The number of esters is 1. The van der Waals surface area contributed by atoms with Crippen molar-refractivity contribution in [3.63, 3.8) is 0 Å². The number of hydrogen-bond donors (Lipinski definition) is 1. The zero-order chi connectivity index (χ0) is 7.98. The number of aliphatic hydroxyl groups excluding tert-OH is 1. The molecule has 0 radical (unpaired) electrons. The van der Waals surface area contributed by atoms with Gasteiger partial charge in [0.2, 0.25) is 0 Å². The molecule has 0 unspecified atom stereocenters. The van der Waals surface area contributed by atoms with Crippen molar-refractivity contribution in [2.45, 2.75) is 6.92 Å². The van der Waals surface area contributed by atoms with E-state index >= 15 is 0 Å². The topological polar surface area (TPSA) is 50.9 Å². The van der Waals surface area contributed by atoms with E-state index in [1.807, 2.05) is 0 Å². The van der Waals surface area contributed by atoms with Crippen molar-refractivity contribution in [3.05, 3.63) is 23.4 Å². The fourth-order valence-corrected chi connectivity index (χ4v) is 0.332. The molecule has 4 heteroatoms. The SMILES string of the molecule is [C-]#[N+]C(=CO)C(=O)OCC. The number of carbonyl (C=O) groups excluding carboxylic acids is 1. The average Bonchev–Trinajstić information content (AvgIpc) is 1.91. The van der Waals surface area contributed by atoms with E-state index in [0.29, 0.717) is 6.26 Å². The smallest absolute Gasteiger partial charge is 0.339 e. The molecule has 0 bridgehead atoms. The van der Waals surface area contributed by atoms with Gasteiger partial charge in [0.1, 0.15) is 0 Å². The van der Waals surface area contributed by atoms with Gasteiger partial charge in [-0.2, -0.15) is 0 Å². The largest absolute Gasteiger partial charge is 0.526 e. The molecule has 4 nitrogen and oxygen atoms in total. The highest BCUT2D eigenvalue weighted by atomic mass is 16.5. The third kappa shape index (κ3) is 2.18. The van der Waals surface area contributed by atoms with Crippen molar-refractivity contribution in [1.29, 1.82) is 0 Å². The Morgan fingerprint density at radius 3 is 2.80 bits per heavy atom. The summed E-state index contributed by atoms with van der Waals surface area (Å²) in [6.07, 6.45) is 0.436. The fraction of sp³-hybridized carbons (Fsp3) is 0.333. The van der Waals surface area contributed by atoms with Crippen LogP contribution in [0, 0.1) is 6.57 Å². The maximum Gasteiger partial charge on any atom is 0.339 e. The average molecular weight is 141 g/mol. The van der Waals surface area contributed by atoms with E-state index in [9.17, 15) is 4.79 Å². The van der Waals surface area contributed by atoms with E-state index in [1.165, 1.54) is 0 Å². The van der Waals surface area contributed by atoms with Crippen molar-refractivity contribution in [3.8, 4) is 0 Å². The van der Waals surface area contributed by atoms with Gasteiger partial charge in [0.15, 0.2) is 0 Å². The van der Waals surface area contributed by atoms with Crippen LogP contribution in [0.3, 0.4) is 0 Å². The molecule has 0 spiro atoms. The predicted octanol–water partition coefficient (Wildman–Crippen LogP) is 0.868. The molecule has 0 aliphatic carbocycles. The molecule has 0 aliphatic rings. The summed E-state index contributed by atoms with van der Waals surface area (Å²) in [6.45, 7) is 8.19. The zero-order valence-corrected chi connectivity index (χ0v) is 5.50. The molecule has 54 valence electrons. The number of aliphatic hydroxyl groups is 1. The molecule has 0 saturated carbocycles. The molecule has 0 saturated heterocycles. The Morgan fingerprint density at radius 2 is 2.50 bits per heavy atom. The molecular formula is C6H7NO3. The first-order valence-corrected chi connectivity index (χ1v) is 2.65. The second-order valence-electron chi connectivity index (χ2n) is 1.35. The first kappa shape index (κ1) is 8.50. The summed E-state index contributed by atoms with van der Waals surface area (Å²) in [5.74, 6) is -0.792. The second-order valence-corrected chi connectivity index (χ2v) is 1.35. The van der Waals surface area contributed by atoms with E-state index in [1.54, 1.807) is 6.92 Å². The van der Waals surface area contributed by atoms with E-state index < -0.39 is 11.7 Å². The minimum absolute atomic E-state index is 0.200. The normalized spacial score (nSPS) is 10.2. The molecule has 0 aliphatic heterocycles. The molecule has 0 aromatic heterocycles. The van der Waals surface area contributed by atoms with Gasteiger partial charge in [-0.25, -0.2) is 4.85 Å². The number of ether oxygens (including phenoxy) is 1. The van der Waals surface area contributed by atoms with Crippen LogP contribution in [-0.4, -0.2) is 17.7 Å². The first-order valence-electron chi connectivity index (χ1n) is 2.65. The molecule has 0 rings (SSSR count). The lowest BCUT2D eigenvalue weighted by Crippen LogP contribution is -2.04. The van der Waals surface area contributed by atoms with E-state index in [0.717, 1.165) is 0 Å². The van der Waals surface area contributed by atoms with Crippen LogP contribution in [0.4, 0.5) is 0 Å². The summed E-state index contributed by atoms with van der Waals surface area (Å²) < 4.78 is 4.40. The van der Waals surface area contributed by atoms with Crippen molar-refractivity contribution in [2.75, 3.05) is 6.61 Å². The number of nitrogens with zero attached hydrogens (tertiary/aromatic N) is 1. The van der Waals surface area contributed by atoms with Gasteiger partial charge in [-0.3, -0.25) is 4.79 Å². The van der Waals surface area contributed by atoms with Gasteiger partial charge < -0.3 is 9.84 Å². The van der Waals surface area contributed by atoms with Crippen LogP contribution in [0.2, 0.25) is 0 Å². The van der Waals surface area contributed by atoms with E-state index in [2.05, 4.69) is 9.58 Å². The van der Waals surface area contributed by atoms with Gasteiger partial charge >= 0.3 is 11.7 Å². The van der Waals surface area contributed by atoms with Crippen LogP contribution in [0.15, 0.2) is 12.0 Å². The van der Waals surface area contributed by atoms with Crippen LogP contribution in [0.25, 0.3) is 4.85 Å². The summed E-state index contributed by atoms with van der Waals surface area (Å²) in [5, 5.41) is 8.25. The summed E-state index contributed by atoms with van der Waals surface area (Å²) in [6, 6.07) is 0. The van der Waals surface area contributed by atoms with Gasteiger partial charge in [0.05, 0.1) is 19.4 Å². The summed E-state index contributed by atoms with van der Waals surface area (Å²) >= 11 is 0. The Labute approximate surface area is 58.5 Å². The Bertz CT molecular complexity index is 190. The van der Waals surface area contributed by atoms with Crippen LogP contribution < -0.4 is 0 Å². The second kappa shape index (κ2) is 4.39. The number of carbonyl (C=O) groups is 1. The summed E-state index contributed by atoms with van der Waals surface area (Å²) in [4.78, 5) is 13.3. The van der Waals surface area contributed by atoms with Crippen molar-refractivity contribution in [1.82, 2.24) is 0 Å². The predicted molar refractivity (Wildman–Crippen MR) is 33.9 cm³/mol. The van der Waals surface area contributed by atoms with Gasteiger partial charge in [-0.05, 0) is 6.92 Å². The summed E-state index contributed by atoms with van der Waals surface area (Å²) in [5.41, 5.74) is -0.401. The third-order valence-electron chi connectivity index (χ3n) is 0.727. The lowest BCUT2D eigenvalue weighted by molar-refractivity contribution is -0.138. The minimum atomic E-state index is -0.792. The third-order valence-corrected chi connectivity index (χ3v) is 0.727. The molecule has 0 heterocycles. The molecule has 0 fully saturated rings. The number of rotatable bonds is 2. The van der Waals surface area contributed by atoms with Gasteiger partial charge in [-0.15, -0.1) is 0 Å². The Kier molecular flexibility index (Phi) is 3.73. The van der Waals surface area contributed by atoms with Crippen molar-refractivity contribution in [2.24, 2.45) is 0 Å². The Hall–Kier alpha value is -1.50. The van der Waals surface area contributed by atoms with Gasteiger partial charge in [-0.1, -0.05) is 0 Å². The monoisotopic (exact) mass is 141 g/mol. The molecular weight excluding hydrogens is 134 g/mol. The van der Waals surface area contributed by atoms with Gasteiger partial charge in [0.25, 0.3) is 0 Å². The zero-order valence-electron chi connectivity index (χ0n) is 5.50. The highest BCUT2D eigenvalue weighted by molar-refractivity contribution is 5.89. The maximum absolute atomic E-state index is 10.5. The highest BCUT2D eigenvalue weighted by Gasteiger charge is 2.08. The summed E-state index contributed by atoms with van der Waals surface area (Å²) in [7, 11) is 0. The van der Waals surface area contributed by atoms with E-state index in [-0.39, 0.29) is 6.61 Å². The van der Waals surface area contributed by atoms with Crippen LogP contribution >= 0.6 is 0 Å². The lowest BCUT2D eigenvalue weighted by atomic mass is 10.5. The molecule has 10 heavy (non-hydrogen) atoms. The van der Waals surface area contributed by atoms with Crippen LogP contribution in [0.5, 0.6) is 0 Å². The molecule has 1 N–H and O–H groups in total. The van der Waals surface area contributed by atoms with Crippen molar-refractivity contribution >= 4 is 5.97 Å². The molecule has 0 aromatic rings. The quantitative estimate of drug-likeness (QED) is 0.268. The lowest BCUT2D eigenvalue weighted by Gasteiger charge is -1.96. The van der Waals surface area contributed by atoms with Crippen LogP contribution in [0.1, 0.15) is 6.92 Å². The van der Waals surface area contributed by atoms with E-state index in [4.69, 9.17) is 11.7 Å². The van der Waals surface area contributed by atoms with Crippen LogP contribution in [-0.2, 0) is 9.53 Å². The standard InChI is InChI=1S/C6H7NO3/c1-3-10-6(9)5(4-8)7-2/h4,8H,3H2,1H3. The minimum Gasteiger partial charge on any atom is -0.526 e. The maximum atomic E-state index is 10.5. The molecule has 0 aromatic carbocycles. The van der Waals surface area contributed by atoms with Gasteiger partial charge in [0, 0.05) is 0 Å². The fourth-order valence-electron chi connectivity index (χ4n) is 0.332. The first-order chi connectivity index (χ1) is 4.76. The highest BCUT2D eigenvalue weighted by Crippen LogP contribution is 1.97. The Morgan fingerprint density at radius 1 is 1.90 bits per heavy atom. The molecule has 0 amide bonds. The Balaban J connectivity index is 4.08. The van der Waals surface area contributed by atoms with Crippen molar-refractivity contribution < 1.29 is 14.6 Å². The molecule has 0 atom stereocenters. The number of hydrogen-bond acceptors (Lipinski definition) is 3.